The van der Waals surface area contributed by atoms with E-state index in [1.54, 1.807) is 18.2 Å². The predicted octanol–water partition coefficient (Wildman–Crippen LogP) is 2.92. The Morgan fingerprint density at radius 1 is 1.21 bits per heavy atom. The number of aliphatic imine (C=N–C) groups is 1. The van der Waals surface area contributed by atoms with Crippen molar-refractivity contribution < 1.29 is 12.8 Å². The molecule has 9 heteroatoms. The molecule has 3 rings (SSSR count). The van der Waals surface area contributed by atoms with Gasteiger partial charge in [-0.15, -0.1) is 11.3 Å². The van der Waals surface area contributed by atoms with E-state index in [9.17, 15) is 12.8 Å². The molecular weight excluding hydrogens is 411 g/mol. The van der Waals surface area contributed by atoms with Gasteiger partial charge in [-0.2, -0.15) is 0 Å². The third kappa shape index (κ3) is 4.96. The van der Waals surface area contributed by atoms with Crippen LogP contribution in [0.2, 0.25) is 0 Å². The number of nitrogens with one attached hydrogen (secondary N) is 2. The highest BCUT2D eigenvalue weighted by Gasteiger charge is 2.45. The van der Waals surface area contributed by atoms with Gasteiger partial charge in [-0.05, 0) is 43.5 Å². The van der Waals surface area contributed by atoms with Crippen molar-refractivity contribution >= 4 is 27.3 Å². The number of hydrogen-bond acceptors (Lipinski definition) is 4. The van der Waals surface area contributed by atoms with Gasteiger partial charge in [0.05, 0.1) is 6.54 Å². The summed E-state index contributed by atoms with van der Waals surface area (Å²) >= 11 is 1.22. The van der Waals surface area contributed by atoms with Gasteiger partial charge in [-0.1, -0.05) is 18.2 Å². The quantitative estimate of drug-likeness (QED) is 0.491. The summed E-state index contributed by atoms with van der Waals surface area (Å²) in [7, 11) is -0.390. The highest BCUT2D eigenvalue weighted by molar-refractivity contribution is 7.91. The van der Waals surface area contributed by atoms with Gasteiger partial charge in [0.2, 0.25) is 0 Å². The van der Waals surface area contributed by atoms with E-state index in [4.69, 9.17) is 0 Å². The van der Waals surface area contributed by atoms with Crippen LogP contribution in [0.1, 0.15) is 30.2 Å². The first-order chi connectivity index (χ1) is 13.8. The summed E-state index contributed by atoms with van der Waals surface area (Å²) in [6.07, 6.45) is 1.88. The number of benzene rings is 1. The first kappa shape index (κ1) is 21.7. The fourth-order valence-electron chi connectivity index (χ4n) is 3.10. The van der Waals surface area contributed by atoms with Gasteiger partial charge < -0.3 is 10.6 Å². The summed E-state index contributed by atoms with van der Waals surface area (Å²) in [6, 6.07) is 10.3. The highest BCUT2D eigenvalue weighted by atomic mass is 32.2. The van der Waals surface area contributed by atoms with Crippen molar-refractivity contribution in [2.24, 2.45) is 4.99 Å². The molecule has 1 aliphatic carbocycles. The molecule has 1 fully saturated rings. The Morgan fingerprint density at radius 2 is 1.93 bits per heavy atom. The number of thiophene rings is 1. The molecule has 0 aliphatic heterocycles. The number of rotatable bonds is 8. The van der Waals surface area contributed by atoms with E-state index in [-0.39, 0.29) is 11.2 Å². The SMILES string of the molecule is CCNC(=NCc1ccc(S(=O)(=O)N(C)C)s1)NCC1(c2ccccc2F)CC1. The molecule has 0 atom stereocenters. The second-order valence-electron chi connectivity index (χ2n) is 7.32. The highest BCUT2D eigenvalue weighted by Crippen LogP contribution is 2.48. The van der Waals surface area contributed by atoms with Gasteiger partial charge in [0.1, 0.15) is 10.0 Å². The summed E-state index contributed by atoms with van der Waals surface area (Å²) in [6.45, 7) is 3.65. The smallest absolute Gasteiger partial charge is 0.252 e. The Hall–Kier alpha value is -1.97. The molecule has 1 aliphatic rings. The lowest BCUT2D eigenvalue weighted by molar-refractivity contribution is 0.523. The van der Waals surface area contributed by atoms with Crippen LogP contribution in [0.4, 0.5) is 4.39 Å². The standard InChI is InChI=1S/C20H27FN4O2S2/c1-4-22-19(23-13-15-9-10-18(28-15)29(26,27)25(2)3)24-14-20(11-12-20)16-7-5-6-8-17(16)21/h5-10H,4,11-14H2,1-3H3,(H2,22,23,24). The summed E-state index contributed by atoms with van der Waals surface area (Å²) in [4.78, 5) is 5.43. The topological polar surface area (TPSA) is 73.8 Å². The zero-order chi connectivity index (χ0) is 21.1. The minimum absolute atomic E-state index is 0.165. The summed E-state index contributed by atoms with van der Waals surface area (Å²) < 4.78 is 40.1. The van der Waals surface area contributed by atoms with Crippen molar-refractivity contribution in [1.82, 2.24) is 14.9 Å². The molecule has 2 N–H and O–H groups in total. The van der Waals surface area contributed by atoms with E-state index in [0.29, 0.717) is 29.8 Å². The summed E-state index contributed by atoms with van der Waals surface area (Å²) in [5.41, 5.74) is 0.567. The number of hydrogen-bond donors (Lipinski definition) is 2. The Balaban J connectivity index is 1.67. The minimum atomic E-state index is -3.42. The second-order valence-corrected chi connectivity index (χ2v) is 10.9. The van der Waals surface area contributed by atoms with Crippen molar-refractivity contribution in [1.29, 1.82) is 0 Å². The third-order valence-electron chi connectivity index (χ3n) is 5.00. The fourth-order valence-corrected chi connectivity index (χ4v) is 5.55. The number of halogens is 1. The molecule has 0 unspecified atom stereocenters. The molecule has 0 amide bonds. The number of guanidine groups is 1. The van der Waals surface area contributed by atoms with Gasteiger partial charge in [0.15, 0.2) is 5.96 Å². The van der Waals surface area contributed by atoms with E-state index in [1.165, 1.54) is 35.8 Å². The van der Waals surface area contributed by atoms with Gasteiger partial charge in [-0.25, -0.2) is 22.1 Å². The normalized spacial score (nSPS) is 16.1. The first-order valence-corrected chi connectivity index (χ1v) is 11.8. The van der Waals surface area contributed by atoms with Gasteiger partial charge in [0.25, 0.3) is 10.0 Å². The maximum absolute atomic E-state index is 14.2. The lowest BCUT2D eigenvalue weighted by Crippen LogP contribution is -2.41. The van der Waals surface area contributed by atoms with Crippen LogP contribution >= 0.6 is 11.3 Å². The molecule has 0 saturated heterocycles. The molecule has 6 nitrogen and oxygen atoms in total. The molecule has 1 heterocycles. The molecule has 1 aromatic heterocycles. The molecule has 0 radical (unpaired) electrons. The largest absolute Gasteiger partial charge is 0.357 e. The van der Waals surface area contributed by atoms with Gasteiger partial charge >= 0.3 is 0 Å². The Morgan fingerprint density at radius 3 is 2.55 bits per heavy atom. The van der Waals surface area contributed by atoms with Crippen LogP contribution in [0.15, 0.2) is 45.6 Å². The molecule has 158 valence electrons. The monoisotopic (exact) mass is 438 g/mol. The van der Waals surface area contributed by atoms with Gasteiger partial charge in [0, 0.05) is 37.5 Å². The average Bonchev–Trinajstić information content (AvgIpc) is 3.31. The van der Waals surface area contributed by atoms with E-state index in [2.05, 4.69) is 15.6 Å². The van der Waals surface area contributed by atoms with E-state index in [1.807, 2.05) is 19.1 Å². The number of sulfonamides is 1. The number of nitrogens with zero attached hydrogens (tertiary/aromatic N) is 2. The zero-order valence-corrected chi connectivity index (χ0v) is 18.5. The minimum Gasteiger partial charge on any atom is -0.357 e. The molecule has 1 aromatic carbocycles. The maximum Gasteiger partial charge on any atom is 0.252 e. The Labute approximate surface area is 175 Å². The second kappa shape index (κ2) is 8.81. The van der Waals surface area contributed by atoms with Crippen LogP contribution in [-0.4, -0.2) is 45.9 Å². The van der Waals surface area contributed by atoms with E-state index in [0.717, 1.165) is 23.3 Å². The van der Waals surface area contributed by atoms with Crippen LogP contribution < -0.4 is 10.6 Å². The van der Waals surface area contributed by atoms with Crippen molar-refractivity contribution in [3.63, 3.8) is 0 Å². The van der Waals surface area contributed by atoms with Crippen LogP contribution in [0, 0.1) is 5.82 Å². The average molecular weight is 439 g/mol. The molecule has 0 bridgehead atoms. The zero-order valence-electron chi connectivity index (χ0n) is 16.9. The van der Waals surface area contributed by atoms with Gasteiger partial charge in [-0.3, -0.25) is 0 Å². The van der Waals surface area contributed by atoms with E-state index >= 15 is 0 Å². The fraction of sp³-hybridized carbons (Fsp3) is 0.450. The molecular formula is C20H27FN4O2S2. The van der Waals surface area contributed by atoms with Crippen molar-refractivity contribution in [2.75, 3.05) is 27.2 Å². The van der Waals surface area contributed by atoms with Crippen LogP contribution in [0.5, 0.6) is 0 Å². The van der Waals surface area contributed by atoms with Crippen molar-refractivity contribution in [3.8, 4) is 0 Å². The predicted molar refractivity (Wildman–Crippen MR) is 115 cm³/mol. The van der Waals surface area contributed by atoms with Crippen LogP contribution in [0.25, 0.3) is 0 Å². The maximum atomic E-state index is 14.2. The molecule has 2 aromatic rings. The Kier molecular flexibility index (Phi) is 6.60. The summed E-state index contributed by atoms with van der Waals surface area (Å²) in [5.74, 6) is 0.475. The van der Waals surface area contributed by atoms with Crippen LogP contribution in [0.3, 0.4) is 0 Å². The molecule has 29 heavy (non-hydrogen) atoms. The Bertz CT molecular complexity index is 982. The van der Waals surface area contributed by atoms with Crippen LogP contribution in [-0.2, 0) is 22.0 Å². The third-order valence-corrected chi connectivity index (χ3v) is 8.35. The molecule has 0 spiro atoms. The lowest BCUT2D eigenvalue weighted by Gasteiger charge is -2.19. The summed E-state index contributed by atoms with van der Waals surface area (Å²) in [5, 5.41) is 6.52. The first-order valence-electron chi connectivity index (χ1n) is 9.57. The van der Waals surface area contributed by atoms with Crippen molar-refractivity contribution in [2.45, 2.75) is 35.9 Å². The van der Waals surface area contributed by atoms with E-state index < -0.39 is 10.0 Å². The lowest BCUT2D eigenvalue weighted by atomic mass is 9.95. The van der Waals surface area contributed by atoms with Crippen molar-refractivity contribution in [3.05, 3.63) is 52.7 Å². The molecule has 1 saturated carbocycles.